The fourth-order valence-electron chi connectivity index (χ4n) is 3.90. The molecule has 0 unspecified atom stereocenters. The molecule has 0 radical (unpaired) electrons. The Morgan fingerprint density at radius 2 is 1.82 bits per heavy atom. The number of aliphatic carboxylic acids is 1. The highest BCUT2D eigenvalue weighted by molar-refractivity contribution is 8.05. The van der Waals surface area contributed by atoms with E-state index < -0.39 is 28.4 Å². The van der Waals surface area contributed by atoms with E-state index in [1.54, 1.807) is 13.8 Å². The van der Waals surface area contributed by atoms with Crippen LogP contribution in [0.3, 0.4) is 0 Å². The molecule has 1 heterocycles. The van der Waals surface area contributed by atoms with Crippen molar-refractivity contribution in [2.24, 2.45) is 0 Å². The SMILES string of the molecule is CCCCCn1c(C2=CC=C(SC(C)(C)C(=O)O)C=CC2)nc(C(=O)Nc2ccc(C(F)(F)F)cc2)c1C. The number of hydrogen-bond donors (Lipinski definition) is 2. The second-order valence-electron chi connectivity index (χ2n) is 9.54. The number of rotatable bonds is 10. The van der Waals surface area contributed by atoms with E-state index in [0.29, 0.717) is 24.5 Å². The van der Waals surface area contributed by atoms with E-state index >= 15 is 0 Å². The van der Waals surface area contributed by atoms with Crippen LogP contribution in [0.1, 0.15) is 74.0 Å². The first-order valence-electron chi connectivity index (χ1n) is 12.4. The first-order valence-corrected chi connectivity index (χ1v) is 13.2. The van der Waals surface area contributed by atoms with Gasteiger partial charge in [0.15, 0.2) is 0 Å². The van der Waals surface area contributed by atoms with Gasteiger partial charge in [-0.05, 0) is 69.5 Å². The summed E-state index contributed by atoms with van der Waals surface area (Å²) in [6, 6.07) is 4.29. The number of thioether (sulfide) groups is 1. The highest BCUT2D eigenvalue weighted by Crippen LogP contribution is 2.35. The maximum Gasteiger partial charge on any atom is 0.416 e. The van der Waals surface area contributed by atoms with Gasteiger partial charge in [0.25, 0.3) is 5.91 Å². The molecule has 1 aliphatic rings. The molecule has 1 aliphatic carbocycles. The van der Waals surface area contributed by atoms with Crippen LogP contribution < -0.4 is 5.32 Å². The summed E-state index contributed by atoms with van der Waals surface area (Å²) in [5.41, 5.74) is 1.20. The van der Waals surface area contributed by atoms with Gasteiger partial charge in [-0.25, -0.2) is 4.98 Å². The van der Waals surface area contributed by atoms with Crippen molar-refractivity contribution in [1.29, 1.82) is 0 Å². The van der Waals surface area contributed by atoms with E-state index in [0.717, 1.165) is 41.9 Å². The molecule has 0 atom stereocenters. The quantitative estimate of drug-likeness (QED) is 0.301. The maximum absolute atomic E-state index is 13.1. The van der Waals surface area contributed by atoms with Gasteiger partial charge in [-0.2, -0.15) is 13.2 Å². The normalized spacial score (nSPS) is 14.1. The number of carboxylic acid groups (broad SMARTS) is 1. The minimum Gasteiger partial charge on any atom is -0.480 e. The molecule has 38 heavy (non-hydrogen) atoms. The largest absolute Gasteiger partial charge is 0.480 e. The Bertz CT molecular complexity index is 1270. The number of aromatic nitrogens is 2. The lowest BCUT2D eigenvalue weighted by Gasteiger charge is -2.18. The van der Waals surface area contributed by atoms with Gasteiger partial charge in [0, 0.05) is 22.8 Å². The molecule has 1 aromatic heterocycles. The van der Waals surface area contributed by atoms with Crippen LogP contribution in [-0.4, -0.2) is 31.3 Å². The number of amides is 1. The maximum atomic E-state index is 13.1. The third kappa shape index (κ3) is 7.18. The van der Waals surface area contributed by atoms with E-state index in [4.69, 9.17) is 0 Å². The van der Waals surface area contributed by atoms with Crippen LogP contribution in [0.15, 0.2) is 53.5 Å². The fraction of sp³-hybridized carbons (Fsp3) is 0.393. The number of allylic oxidation sites excluding steroid dienone is 5. The number of carboxylic acids is 1. The van der Waals surface area contributed by atoms with Gasteiger partial charge in [-0.1, -0.05) is 38.0 Å². The summed E-state index contributed by atoms with van der Waals surface area (Å²) in [5.74, 6) is -0.769. The summed E-state index contributed by atoms with van der Waals surface area (Å²) < 4.78 is 39.6. The van der Waals surface area contributed by atoms with Crippen molar-refractivity contribution in [3.8, 4) is 0 Å². The molecule has 2 N–H and O–H groups in total. The van der Waals surface area contributed by atoms with Crippen LogP contribution in [0.25, 0.3) is 5.57 Å². The zero-order valence-corrected chi connectivity index (χ0v) is 22.7. The summed E-state index contributed by atoms with van der Waals surface area (Å²) in [4.78, 5) is 30.1. The zero-order valence-electron chi connectivity index (χ0n) is 21.9. The van der Waals surface area contributed by atoms with Gasteiger partial charge in [-0.15, -0.1) is 11.8 Å². The number of halogens is 3. The lowest BCUT2D eigenvalue weighted by molar-refractivity contribution is -0.139. The van der Waals surface area contributed by atoms with Crippen LogP contribution in [0.4, 0.5) is 18.9 Å². The van der Waals surface area contributed by atoms with Crippen molar-refractivity contribution < 1.29 is 27.9 Å². The molecule has 10 heteroatoms. The number of carbonyl (C=O) groups excluding carboxylic acids is 1. The molecule has 204 valence electrons. The molecule has 0 aliphatic heterocycles. The molecule has 0 fully saturated rings. The average molecular weight is 548 g/mol. The molecule has 3 rings (SSSR count). The summed E-state index contributed by atoms with van der Waals surface area (Å²) >= 11 is 1.25. The van der Waals surface area contributed by atoms with Crippen LogP contribution >= 0.6 is 11.8 Å². The number of alkyl halides is 3. The van der Waals surface area contributed by atoms with Gasteiger partial charge in [0.1, 0.15) is 16.3 Å². The summed E-state index contributed by atoms with van der Waals surface area (Å²) in [6.07, 6.45) is 6.60. The highest BCUT2D eigenvalue weighted by atomic mass is 32.2. The van der Waals surface area contributed by atoms with Crippen LogP contribution in [0, 0.1) is 6.92 Å². The van der Waals surface area contributed by atoms with E-state index in [-0.39, 0.29) is 11.4 Å². The Hall–Kier alpha value is -3.27. The van der Waals surface area contributed by atoms with Crippen molar-refractivity contribution in [3.63, 3.8) is 0 Å². The lowest BCUT2D eigenvalue weighted by Crippen LogP contribution is -2.27. The van der Waals surface area contributed by atoms with E-state index in [9.17, 15) is 27.9 Å². The van der Waals surface area contributed by atoms with Crippen LogP contribution in [0.5, 0.6) is 0 Å². The van der Waals surface area contributed by atoms with Crippen LogP contribution in [0.2, 0.25) is 0 Å². The molecule has 2 aromatic rings. The third-order valence-electron chi connectivity index (χ3n) is 6.14. The molecule has 0 bridgehead atoms. The summed E-state index contributed by atoms with van der Waals surface area (Å²) in [6.45, 7) is 7.87. The van der Waals surface area contributed by atoms with Crippen molar-refractivity contribution in [3.05, 3.63) is 76.3 Å². The minimum absolute atomic E-state index is 0.205. The molecule has 1 aromatic carbocycles. The molecular weight excluding hydrogens is 515 g/mol. The number of nitrogens with one attached hydrogen (secondary N) is 1. The smallest absolute Gasteiger partial charge is 0.416 e. The average Bonchev–Trinajstić information content (AvgIpc) is 3.00. The minimum atomic E-state index is -4.46. The lowest BCUT2D eigenvalue weighted by atomic mass is 10.1. The number of unbranched alkanes of at least 4 members (excludes halogenated alkanes) is 2. The monoisotopic (exact) mass is 547 g/mol. The predicted octanol–water partition coefficient (Wildman–Crippen LogP) is 7.48. The second kappa shape index (κ2) is 12.1. The zero-order chi connectivity index (χ0) is 28.1. The van der Waals surface area contributed by atoms with Gasteiger partial charge in [0.2, 0.25) is 0 Å². The Morgan fingerprint density at radius 3 is 2.42 bits per heavy atom. The number of carbonyl (C=O) groups is 2. The van der Waals surface area contributed by atoms with Gasteiger partial charge < -0.3 is 15.0 Å². The Labute approximate surface area is 224 Å². The van der Waals surface area contributed by atoms with E-state index in [2.05, 4.69) is 17.2 Å². The molecule has 6 nitrogen and oxygen atoms in total. The summed E-state index contributed by atoms with van der Waals surface area (Å²) in [7, 11) is 0. The number of hydrogen-bond acceptors (Lipinski definition) is 4. The van der Waals surface area contributed by atoms with Gasteiger partial charge in [-0.3, -0.25) is 9.59 Å². The molecule has 0 saturated carbocycles. The number of anilines is 1. The predicted molar refractivity (Wildman–Crippen MR) is 145 cm³/mol. The molecular formula is C28H32F3N3O3S. The van der Waals surface area contributed by atoms with E-state index in [1.807, 2.05) is 35.8 Å². The third-order valence-corrected chi connectivity index (χ3v) is 7.33. The number of nitrogens with zero attached hydrogens (tertiary/aromatic N) is 2. The molecule has 1 amide bonds. The van der Waals surface area contributed by atoms with Crippen molar-refractivity contribution in [2.45, 2.75) is 70.8 Å². The standard InChI is InChI=1S/C28H32F3N3O3S/c1-5-6-7-17-34-18(2)23(25(35)32-21-14-12-20(13-15-21)28(29,30)31)33-24(34)19-9-8-10-22(16-11-19)38-27(3,4)26(36)37/h8,10-16H,5-7,9,17H2,1-4H3,(H,32,35)(H,36,37). The highest BCUT2D eigenvalue weighted by Gasteiger charge is 2.31. The summed E-state index contributed by atoms with van der Waals surface area (Å²) in [5, 5.41) is 12.1. The fourth-order valence-corrected chi connectivity index (χ4v) is 4.88. The molecule has 0 spiro atoms. The van der Waals surface area contributed by atoms with E-state index in [1.165, 1.54) is 23.9 Å². The van der Waals surface area contributed by atoms with Crippen molar-refractivity contribution in [2.75, 3.05) is 5.32 Å². The van der Waals surface area contributed by atoms with Crippen molar-refractivity contribution >= 4 is 34.9 Å². The van der Waals surface area contributed by atoms with Crippen LogP contribution in [-0.2, 0) is 17.5 Å². The van der Waals surface area contributed by atoms with Gasteiger partial charge in [0.05, 0.1) is 5.56 Å². The topological polar surface area (TPSA) is 84.2 Å². The Morgan fingerprint density at radius 1 is 1.13 bits per heavy atom. The number of benzene rings is 1. The first kappa shape index (κ1) is 29.3. The Balaban J connectivity index is 1.92. The Kier molecular flexibility index (Phi) is 9.30. The molecule has 0 saturated heterocycles. The van der Waals surface area contributed by atoms with Gasteiger partial charge >= 0.3 is 12.1 Å². The second-order valence-corrected chi connectivity index (χ2v) is 11.2. The number of imidazole rings is 1. The van der Waals surface area contributed by atoms with Crippen molar-refractivity contribution in [1.82, 2.24) is 9.55 Å². The first-order chi connectivity index (χ1) is 17.8.